The quantitative estimate of drug-likeness (QED) is 0.818. The lowest BCUT2D eigenvalue weighted by atomic mass is 9.76. The van der Waals surface area contributed by atoms with Crippen molar-refractivity contribution in [2.24, 2.45) is 11.8 Å². The summed E-state index contributed by atoms with van der Waals surface area (Å²) in [4.78, 5) is 38.1. The van der Waals surface area contributed by atoms with Gasteiger partial charge in [0.2, 0.25) is 11.8 Å². The summed E-state index contributed by atoms with van der Waals surface area (Å²) in [5.74, 6) is 1.19. The van der Waals surface area contributed by atoms with Crippen molar-refractivity contribution in [2.75, 3.05) is 19.6 Å². The Bertz CT molecular complexity index is 786. The SMILES string of the molecule is O=C(CC1C=CCC1)N1CCC2(CC1)c1nc[nH]c1CCN2C(=O)C1CCC1. The first-order valence-corrected chi connectivity index (χ1v) is 11.0. The minimum atomic E-state index is -0.329. The molecule has 5 rings (SSSR count). The fourth-order valence-electron chi connectivity index (χ4n) is 5.53. The molecule has 1 atom stereocenters. The predicted octanol–water partition coefficient (Wildman–Crippen LogP) is 2.77. The number of nitrogens with one attached hydrogen (secondary N) is 1. The molecule has 2 aliphatic carbocycles. The molecule has 1 saturated heterocycles. The molecule has 0 aromatic carbocycles. The zero-order valence-corrected chi connectivity index (χ0v) is 16.5. The average molecular weight is 383 g/mol. The van der Waals surface area contributed by atoms with Crippen LogP contribution in [0.5, 0.6) is 0 Å². The highest BCUT2D eigenvalue weighted by Gasteiger charge is 2.50. The molecule has 2 fully saturated rings. The molecule has 150 valence electrons. The summed E-state index contributed by atoms with van der Waals surface area (Å²) < 4.78 is 0. The van der Waals surface area contributed by atoms with Crippen molar-refractivity contribution < 1.29 is 9.59 Å². The van der Waals surface area contributed by atoms with Gasteiger partial charge in [-0.05, 0) is 44.4 Å². The van der Waals surface area contributed by atoms with Crippen molar-refractivity contribution in [1.29, 1.82) is 0 Å². The number of likely N-dealkylation sites (tertiary alicyclic amines) is 1. The number of aromatic amines is 1. The van der Waals surface area contributed by atoms with Gasteiger partial charge in [-0.2, -0.15) is 0 Å². The van der Waals surface area contributed by atoms with E-state index in [-0.39, 0.29) is 17.4 Å². The number of H-pyrrole nitrogens is 1. The number of aromatic nitrogens is 2. The smallest absolute Gasteiger partial charge is 0.226 e. The number of piperidine rings is 1. The molecule has 28 heavy (non-hydrogen) atoms. The summed E-state index contributed by atoms with van der Waals surface area (Å²) in [7, 11) is 0. The monoisotopic (exact) mass is 382 g/mol. The molecule has 0 bridgehead atoms. The lowest BCUT2D eigenvalue weighted by Crippen LogP contribution is -2.60. The lowest BCUT2D eigenvalue weighted by Gasteiger charge is -2.52. The third-order valence-corrected chi connectivity index (χ3v) is 7.47. The second-order valence-electron chi connectivity index (χ2n) is 8.98. The lowest BCUT2D eigenvalue weighted by molar-refractivity contribution is -0.150. The number of carbonyl (C=O) groups excluding carboxylic acids is 2. The maximum atomic E-state index is 13.2. The van der Waals surface area contributed by atoms with Crippen LogP contribution in [-0.2, 0) is 21.5 Å². The predicted molar refractivity (Wildman–Crippen MR) is 105 cm³/mol. The van der Waals surface area contributed by atoms with Gasteiger partial charge in [0.1, 0.15) is 0 Å². The van der Waals surface area contributed by atoms with Crippen LogP contribution in [0.25, 0.3) is 0 Å². The Morgan fingerprint density at radius 2 is 2.00 bits per heavy atom. The van der Waals surface area contributed by atoms with Gasteiger partial charge >= 0.3 is 0 Å². The number of amides is 2. The minimum absolute atomic E-state index is 0.200. The number of hydrogen-bond acceptors (Lipinski definition) is 3. The molecule has 1 unspecified atom stereocenters. The van der Waals surface area contributed by atoms with Crippen LogP contribution in [-0.4, -0.2) is 51.2 Å². The largest absolute Gasteiger partial charge is 0.348 e. The number of fused-ring (bicyclic) bond motifs is 2. The number of allylic oxidation sites excluding steroid dienone is 2. The van der Waals surface area contributed by atoms with Crippen LogP contribution >= 0.6 is 0 Å². The highest BCUT2D eigenvalue weighted by atomic mass is 16.2. The number of imidazole rings is 1. The molecule has 1 saturated carbocycles. The van der Waals surface area contributed by atoms with Gasteiger partial charge in [-0.25, -0.2) is 4.98 Å². The van der Waals surface area contributed by atoms with Gasteiger partial charge < -0.3 is 14.8 Å². The Hall–Kier alpha value is -2.11. The van der Waals surface area contributed by atoms with Crippen LogP contribution in [0.2, 0.25) is 0 Å². The van der Waals surface area contributed by atoms with Crippen molar-refractivity contribution in [3.05, 3.63) is 29.9 Å². The van der Waals surface area contributed by atoms with E-state index in [1.165, 1.54) is 12.1 Å². The van der Waals surface area contributed by atoms with Crippen LogP contribution < -0.4 is 0 Å². The molecule has 0 radical (unpaired) electrons. The van der Waals surface area contributed by atoms with Crippen LogP contribution in [0, 0.1) is 11.8 Å². The van der Waals surface area contributed by atoms with Crippen LogP contribution in [0.3, 0.4) is 0 Å². The third-order valence-electron chi connectivity index (χ3n) is 7.47. The van der Waals surface area contributed by atoms with Gasteiger partial charge in [0.05, 0.1) is 17.6 Å². The number of hydrogen-bond donors (Lipinski definition) is 1. The molecular formula is C22H30N4O2. The van der Waals surface area contributed by atoms with Crippen LogP contribution in [0.4, 0.5) is 0 Å². The summed E-state index contributed by atoms with van der Waals surface area (Å²) in [6.07, 6.45) is 14.7. The first-order valence-electron chi connectivity index (χ1n) is 11.0. The molecule has 6 nitrogen and oxygen atoms in total. The normalized spacial score (nSPS) is 26.4. The van der Waals surface area contributed by atoms with E-state index in [1.54, 1.807) is 6.33 Å². The zero-order chi connectivity index (χ0) is 19.1. The van der Waals surface area contributed by atoms with Crippen molar-refractivity contribution in [3.8, 4) is 0 Å². The summed E-state index contributed by atoms with van der Waals surface area (Å²) in [6, 6.07) is 0. The molecule has 1 aromatic heterocycles. The van der Waals surface area contributed by atoms with Crippen molar-refractivity contribution in [1.82, 2.24) is 19.8 Å². The topological polar surface area (TPSA) is 69.3 Å². The Morgan fingerprint density at radius 1 is 1.18 bits per heavy atom. The Balaban J connectivity index is 1.34. The van der Waals surface area contributed by atoms with E-state index < -0.39 is 0 Å². The van der Waals surface area contributed by atoms with Gasteiger partial charge in [-0.3, -0.25) is 9.59 Å². The first-order chi connectivity index (χ1) is 13.7. The fraction of sp³-hybridized carbons (Fsp3) is 0.682. The van der Waals surface area contributed by atoms with E-state index in [0.29, 0.717) is 18.2 Å². The second kappa shape index (κ2) is 7.05. The molecule has 2 amide bonds. The molecule has 1 aromatic rings. The Labute approximate surface area is 166 Å². The zero-order valence-electron chi connectivity index (χ0n) is 16.5. The molecule has 4 aliphatic rings. The Morgan fingerprint density at radius 3 is 2.68 bits per heavy atom. The third kappa shape index (κ3) is 2.88. The van der Waals surface area contributed by atoms with Crippen molar-refractivity contribution >= 4 is 11.8 Å². The fourth-order valence-corrected chi connectivity index (χ4v) is 5.53. The highest BCUT2D eigenvalue weighted by molar-refractivity contribution is 5.81. The molecular weight excluding hydrogens is 352 g/mol. The van der Waals surface area contributed by atoms with Gasteiger partial charge in [-0.1, -0.05) is 18.6 Å². The van der Waals surface area contributed by atoms with Gasteiger partial charge in [-0.15, -0.1) is 0 Å². The number of nitrogens with zero attached hydrogens (tertiary/aromatic N) is 3. The maximum absolute atomic E-state index is 13.2. The van der Waals surface area contributed by atoms with Crippen molar-refractivity contribution in [2.45, 2.75) is 63.3 Å². The molecule has 6 heteroatoms. The van der Waals surface area contributed by atoms with E-state index in [0.717, 1.165) is 70.3 Å². The average Bonchev–Trinajstić information content (AvgIpc) is 3.33. The number of rotatable bonds is 3. The van der Waals surface area contributed by atoms with E-state index >= 15 is 0 Å². The molecule has 1 N–H and O–H groups in total. The molecule has 2 aliphatic heterocycles. The van der Waals surface area contributed by atoms with Gasteiger partial charge in [0.15, 0.2) is 0 Å². The number of carbonyl (C=O) groups is 2. The summed E-state index contributed by atoms with van der Waals surface area (Å²) in [5.41, 5.74) is 1.90. The van der Waals surface area contributed by atoms with Crippen LogP contribution in [0.15, 0.2) is 18.5 Å². The highest BCUT2D eigenvalue weighted by Crippen LogP contribution is 2.44. The van der Waals surface area contributed by atoms with Crippen LogP contribution in [0.1, 0.15) is 62.8 Å². The molecule has 1 spiro atoms. The van der Waals surface area contributed by atoms with E-state index in [2.05, 4.69) is 27.0 Å². The summed E-state index contributed by atoms with van der Waals surface area (Å²) in [6.45, 7) is 2.21. The van der Waals surface area contributed by atoms with Gasteiger partial charge in [0, 0.05) is 44.1 Å². The van der Waals surface area contributed by atoms with Gasteiger partial charge in [0.25, 0.3) is 0 Å². The summed E-state index contributed by atoms with van der Waals surface area (Å²) >= 11 is 0. The standard InChI is InChI=1S/C22H30N4O2/c27-19(14-16-4-1-2-5-16)25-12-9-22(10-13-25)20-18(23-15-24-20)8-11-26(22)21(28)17-6-3-7-17/h1,4,15-17H,2-3,5-14H2,(H,23,24). The summed E-state index contributed by atoms with van der Waals surface area (Å²) in [5, 5.41) is 0. The van der Waals surface area contributed by atoms with Crippen molar-refractivity contribution in [3.63, 3.8) is 0 Å². The second-order valence-corrected chi connectivity index (χ2v) is 8.98. The first kappa shape index (κ1) is 18.0. The van der Waals surface area contributed by atoms with E-state index in [9.17, 15) is 9.59 Å². The Kier molecular flexibility index (Phi) is 4.52. The maximum Gasteiger partial charge on any atom is 0.226 e. The van der Waals surface area contributed by atoms with E-state index in [1.807, 2.05) is 4.90 Å². The minimum Gasteiger partial charge on any atom is -0.348 e. The van der Waals surface area contributed by atoms with E-state index in [4.69, 9.17) is 0 Å². The molecule has 3 heterocycles.